The number of nitrogens with one attached hydrogen (secondary N) is 3. The summed E-state index contributed by atoms with van der Waals surface area (Å²) in [7, 11) is 0. The van der Waals surface area contributed by atoms with Crippen LogP contribution in [0.15, 0.2) is 18.2 Å². The lowest BCUT2D eigenvalue weighted by atomic mass is 10.00. The molecule has 0 bridgehead atoms. The Hall–Kier alpha value is -1.88. The maximum Gasteiger partial charge on any atom is 0.251 e. The maximum absolute atomic E-state index is 12.0. The molecule has 1 aromatic carbocycles. The van der Waals surface area contributed by atoms with Crippen LogP contribution in [0.25, 0.3) is 0 Å². The van der Waals surface area contributed by atoms with E-state index < -0.39 is 0 Å². The summed E-state index contributed by atoms with van der Waals surface area (Å²) in [5, 5.41) is 8.94. The van der Waals surface area contributed by atoms with Crippen LogP contribution in [0.5, 0.6) is 0 Å². The van der Waals surface area contributed by atoms with Gasteiger partial charge in [-0.05, 0) is 49.7 Å². The van der Waals surface area contributed by atoms with Crippen molar-refractivity contribution in [2.75, 3.05) is 25.0 Å². The van der Waals surface area contributed by atoms with E-state index in [4.69, 9.17) is 0 Å². The molecule has 108 valence electrons. The molecule has 1 aromatic rings. The molecule has 0 aromatic heterocycles. The molecule has 1 heterocycles. The first-order chi connectivity index (χ1) is 9.70. The SMILES string of the molecule is CCNCCCNC(=O)c1ccc2c(c1)CCC(=O)N2. The number of hydrogen-bond acceptors (Lipinski definition) is 3. The van der Waals surface area contributed by atoms with E-state index in [1.807, 2.05) is 6.07 Å². The second kappa shape index (κ2) is 7.05. The largest absolute Gasteiger partial charge is 0.352 e. The van der Waals surface area contributed by atoms with Crippen LogP contribution in [0.1, 0.15) is 35.7 Å². The predicted molar refractivity (Wildman–Crippen MR) is 78.9 cm³/mol. The molecule has 0 saturated heterocycles. The average Bonchev–Trinajstić information content (AvgIpc) is 2.46. The van der Waals surface area contributed by atoms with E-state index in [0.29, 0.717) is 24.9 Å². The van der Waals surface area contributed by atoms with Gasteiger partial charge in [0.25, 0.3) is 5.91 Å². The third kappa shape index (κ3) is 3.81. The van der Waals surface area contributed by atoms with Crippen LogP contribution < -0.4 is 16.0 Å². The van der Waals surface area contributed by atoms with Crippen molar-refractivity contribution in [1.29, 1.82) is 0 Å². The van der Waals surface area contributed by atoms with E-state index in [1.165, 1.54) is 0 Å². The van der Waals surface area contributed by atoms with E-state index in [0.717, 1.165) is 30.8 Å². The van der Waals surface area contributed by atoms with E-state index in [1.54, 1.807) is 12.1 Å². The average molecular weight is 275 g/mol. The van der Waals surface area contributed by atoms with E-state index in [9.17, 15) is 9.59 Å². The van der Waals surface area contributed by atoms with Gasteiger partial charge in [0.15, 0.2) is 0 Å². The van der Waals surface area contributed by atoms with Gasteiger partial charge in [-0.15, -0.1) is 0 Å². The second-order valence-corrected chi connectivity index (χ2v) is 4.88. The number of anilines is 1. The quantitative estimate of drug-likeness (QED) is 0.685. The zero-order chi connectivity index (χ0) is 14.4. The zero-order valence-electron chi connectivity index (χ0n) is 11.8. The Morgan fingerprint density at radius 2 is 2.15 bits per heavy atom. The third-order valence-corrected chi connectivity index (χ3v) is 3.33. The number of fused-ring (bicyclic) bond motifs is 1. The van der Waals surface area contributed by atoms with Gasteiger partial charge in [-0.2, -0.15) is 0 Å². The molecule has 0 saturated carbocycles. The molecule has 20 heavy (non-hydrogen) atoms. The first-order valence-corrected chi connectivity index (χ1v) is 7.12. The highest BCUT2D eigenvalue weighted by Crippen LogP contribution is 2.23. The molecule has 0 aliphatic carbocycles. The fourth-order valence-electron chi connectivity index (χ4n) is 2.22. The summed E-state index contributed by atoms with van der Waals surface area (Å²) in [5.74, 6) is -0.0145. The Morgan fingerprint density at radius 1 is 1.30 bits per heavy atom. The Bertz CT molecular complexity index is 500. The summed E-state index contributed by atoms with van der Waals surface area (Å²) in [6.07, 6.45) is 2.10. The minimum atomic E-state index is -0.0544. The Labute approximate surface area is 119 Å². The van der Waals surface area contributed by atoms with E-state index >= 15 is 0 Å². The number of amides is 2. The minimum Gasteiger partial charge on any atom is -0.352 e. The van der Waals surface area contributed by atoms with Crippen molar-refractivity contribution < 1.29 is 9.59 Å². The number of carbonyl (C=O) groups is 2. The van der Waals surface area contributed by atoms with Crippen molar-refractivity contribution in [3.63, 3.8) is 0 Å². The molecule has 0 unspecified atom stereocenters. The zero-order valence-corrected chi connectivity index (χ0v) is 11.8. The van der Waals surface area contributed by atoms with Crippen LogP contribution in [-0.2, 0) is 11.2 Å². The Morgan fingerprint density at radius 3 is 2.95 bits per heavy atom. The smallest absolute Gasteiger partial charge is 0.251 e. The molecule has 5 nitrogen and oxygen atoms in total. The van der Waals surface area contributed by atoms with Gasteiger partial charge in [0.2, 0.25) is 5.91 Å². The van der Waals surface area contributed by atoms with Crippen molar-refractivity contribution in [2.24, 2.45) is 0 Å². The molecular weight excluding hydrogens is 254 g/mol. The lowest BCUT2D eigenvalue weighted by molar-refractivity contribution is -0.116. The Balaban J connectivity index is 1.89. The first-order valence-electron chi connectivity index (χ1n) is 7.12. The van der Waals surface area contributed by atoms with Crippen molar-refractivity contribution in [3.8, 4) is 0 Å². The highest BCUT2D eigenvalue weighted by atomic mass is 16.2. The van der Waals surface area contributed by atoms with Crippen molar-refractivity contribution in [3.05, 3.63) is 29.3 Å². The molecule has 2 amide bonds. The Kier molecular flexibility index (Phi) is 5.12. The van der Waals surface area contributed by atoms with Crippen LogP contribution >= 0.6 is 0 Å². The maximum atomic E-state index is 12.0. The fourth-order valence-corrected chi connectivity index (χ4v) is 2.22. The van der Waals surface area contributed by atoms with Gasteiger partial charge in [-0.25, -0.2) is 0 Å². The minimum absolute atomic E-state index is 0.0399. The highest BCUT2D eigenvalue weighted by molar-refractivity contribution is 5.97. The van der Waals surface area contributed by atoms with Gasteiger partial charge in [0.1, 0.15) is 0 Å². The fraction of sp³-hybridized carbons (Fsp3) is 0.467. The lowest BCUT2D eigenvalue weighted by Gasteiger charge is -2.17. The number of hydrogen-bond donors (Lipinski definition) is 3. The topological polar surface area (TPSA) is 70.2 Å². The number of aryl methyl sites for hydroxylation is 1. The summed E-state index contributed by atoms with van der Waals surface area (Å²) >= 11 is 0. The standard InChI is InChI=1S/C15H21N3O2/c1-2-16-8-3-9-17-15(20)12-4-6-13-11(10-12)5-7-14(19)18-13/h4,6,10,16H,2-3,5,7-9H2,1H3,(H,17,20)(H,18,19). The van der Waals surface area contributed by atoms with Crippen LogP contribution in [0.4, 0.5) is 5.69 Å². The molecular formula is C15H21N3O2. The summed E-state index contributed by atoms with van der Waals surface area (Å²) in [6.45, 7) is 4.58. The normalized spacial score (nSPS) is 13.6. The number of benzene rings is 1. The first kappa shape index (κ1) is 14.5. The van der Waals surface area contributed by atoms with E-state index in [2.05, 4.69) is 22.9 Å². The van der Waals surface area contributed by atoms with Gasteiger partial charge in [0, 0.05) is 24.2 Å². The van der Waals surface area contributed by atoms with Crippen LogP contribution in [-0.4, -0.2) is 31.4 Å². The molecule has 2 rings (SSSR count). The molecule has 1 aliphatic heterocycles. The lowest BCUT2D eigenvalue weighted by Crippen LogP contribution is -2.27. The summed E-state index contributed by atoms with van der Waals surface area (Å²) < 4.78 is 0. The summed E-state index contributed by atoms with van der Waals surface area (Å²) in [6, 6.07) is 5.43. The van der Waals surface area contributed by atoms with Crippen LogP contribution in [0.3, 0.4) is 0 Å². The van der Waals surface area contributed by atoms with Crippen molar-refractivity contribution in [2.45, 2.75) is 26.2 Å². The number of carbonyl (C=O) groups excluding carboxylic acids is 2. The number of rotatable bonds is 6. The predicted octanol–water partition coefficient (Wildman–Crippen LogP) is 1.30. The monoisotopic (exact) mass is 275 g/mol. The van der Waals surface area contributed by atoms with Crippen molar-refractivity contribution >= 4 is 17.5 Å². The molecule has 3 N–H and O–H groups in total. The van der Waals surface area contributed by atoms with Crippen LogP contribution in [0.2, 0.25) is 0 Å². The summed E-state index contributed by atoms with van der Waals surface area (Å²) in [4.78, 5) is 23.3. The molecule has 0 spiro atoms. The molecule has 1 aliphatic rings. The van der Waals surface area contributed by atoms with Crippen molar-refractivity contribution in [1.82, 2.24) is 10.6 Å². The van der Waals surface area contributed by atoms with E-state index in [-0.39, 0.29) is 11.8 Å². The van der Waals surface area contributed by atoms with Gasteiger partial charge in [-0.1, -0.05) is 6.92 Å². The second-order valence-electron chi connectivity index (χ2n) is 4.88. The summed E-state index contributed by atoms with van der Waals surface area (Å²) in [5.41, 5.74) is 2.51. The van der Waals surface area contributed by atoms with Crippen LogP contribution in [0, 0.1) is 0 Å². The molecule has 0 fully saturated rings. The third-order valence-electron chi connectivity index (χ3n) is 3.33. The molecule has 5 heteroatoms. The molecule has 0 radical (unpaired) electrons. The molecule has 0 atom stereocenters. The van der Waals surface area contributed by atoms with Gasteiger partial charge < -0.3 is 16.0 Å². The highest BCUT2D eigenvalue weighted by Gasteiger charge is 2.16. The van der Waals surface area contributed by atoms with Gasteiger partial charge in [0.05, 0.1) is 0 Å². The van der Waals surface area contributed by atoms with Gasteiger partial charge in [-0.3, -0.25) is 9.59 Å². The van der Waals surface area contributed by atoms with Gasteiger partial charge >= 0.3 is 0 Å².